The molecule has 0 radical (unpaired) electrons. The highest BCUT2D eigenvalue weighted by molar-refractivity contribution is 5.95. The predicted octanol–water partition coefficient (Wildman–Crippen LogP) is 1.74. The number of nitrogens with zero attached hydrogens (tertiary/aromatic N) is 2. The summed E-state index contributed by atoms with van der Waals surface area (Å²) >= 11 is 0. The van der Waals surface area contributed by atoms with Crippen molar-refractivity contribution in [2.75, 3.05) is 37.3 Å². The van der Waals surface area contributed by atoms with Gasteiger partial charge in [-0.2, -0.15) is 0 Å². The van der Waals surface area contributed by atoms with E-state index in [4.69, 9.17) is 10.5 Å². The van der Waals surface area contributed by atoms with Gasteiger partial charge >= 0.3 is 5.97 Å². The third-order valence-electron chi connectivity index (χ3n) is 3.85. The Labute approximate surface area is 125 Å². The van der Waals surface area contributed by atoms with Gasteiger partial charge in [0, 0.05) is 12.6 Å². The number of hydrogen-bond acceptors (Lipinski definition) is 6. The molecule has 6 nitrogen and oxygen atoms in total. The fourth-order valence-electron chi connectivity index (χ4n) is 2.71. The van der Waals surface area contributed by atoms with Crippen LogP contribution in [-0.2, 0) is 4.74 Å². The smallest absolute Gasteiger partial charge is 0.340 e. The number of nitrogens with one attached hydrogen (secondary N) is 1. The van der Waals surface area contributed by atoms with E-state index in [9.17, 15) is 4.79 Å². The minimum atomic E-state index is -0.406. The highest BCUT2D eigenvalue weighted by atomic mass is 16.5. The molecule has 6 heteroatoms. The zero-order chi connectivity index (χ0) is 15.2. The Morgan fingerprint density at radius 2 is 2.38 bits per heavy atom. The van der Waals surface area contributed by atoms with E-state index in [1.54, 1.807) is 13.0 Å². The molecule has 1 aromatic heterocycles. The molecule has 2 rings (SSSR count). The third kappa shape index (κ3) is 3.85. The average molecular weight is 292 g/mol. The van der Waals surface area contributed by atoms with Crippen LogP contribution in [0.3, 0.4) is 0 Å². The lowest BCUT2D eigenvalue weighted by atomic mass is 10.2. The molecule has 21 heavy (non-hydrogen) atoms. The van der Waals surface area contributed by atoms with E-state index in [0.717, 1.165) is 19.6 Å². The van der Waals surface area contributed by atoms with E-state index in [-0.39, 0.29) is 0 Å². The molecular formula is C15H24N4O2. The molecule has 0 saturated carbocycles. The topological polar surface area (TPSA) is 80.5 Å². The molecule has 116 valence electrons. The lowest BCUT2D eigenvalue weighted by molar-refractivity contribution is 0.0527. The Morgan fingerprint density at radius 1 is 1.57 bits per heavy atom. The molecule has 0 aliphatic carbocycles. The Kier molecular flexibility index (Phi) is 5.38. The second-order valence-electron chi connectivity index (χ2n) is 5.18. The van der Waals surface area contributed by atoms with Crippen LogP contribution in [-0.4, -0.2) is 48.1 Å². The first-order valence-electron chi connectivity index (χ1n) is 7.56. The number of aromatic nitrogens is 1. The largest absolute Gasteiger partial charge is 0.462 e. The van der Waals surface area contributed by atoms with E-state index < -0.39 is 5.97 Å². The molecule has 3 N–H and O–H groups in total. The number of ether oxygens (including phenoxy) is 1. The van der Waals surface area contributed by atoms with Gasteiger partial charge in [0.2, 0.25) is 0 Å². The van der Waals surface area contributed by atoms with Crippen LogP contribution < -0.4 is 11.1 Å². The van der Waals surface area contributed by atoms with Crippen molar-refractivity contribution in [3.05, 3.63) is 17.8 Å². The number of esters is 1. The maximum absolute atomic E-state index is 11.8. The summed E-state index contributed by atoms with van der Waals surface area (Å²) < 4.78 is 4.99. The Hall–Kier alpha value is -1.82. The number of hydrogen-bond donors (Lipinski definition) is 2. The molecule has 0 spiro atoms. The van der Waals surface area contributed by atoms with Gasteiger partial charge in [-0.25, -0.2) is 9.78 Å². The fourth-order valence-corrected chi connectivity index (χ4v) is 2.71. The van der Waals surface area contributed by atoms with Crippen molar-refractivity contribution in [2.24, 2.45) is 0 Å². The van der Waals surface area contributed by atoms with E-state index in [0.29, 0.717) is 29.7 Å². The van der Waals surface area contributed by atoms with Crippen LogP contribution in [0.2, 0.25) is 0 Å². The van der Waals surface area contributed by atoms with Gasteiger partial charge in [0.15, 0.2) is 0 Å². The summed E-state index contributed by atoms with van der Waals surface area (Å²) in [7, 11) is 0. The van der Waals surface area contributed by atoms with Crippen molar-refractivity contribution >= 4 is 17.5 Å². The maximum atomic E-state index is 11.8. The second kappa shape index (κ2) is 7.26. The van der Waals surface area contributed by atoms with Gasteiger partial charge in [0.1, 0.15) is 5.82 Å². The van der Waals surface area contributed by atoms with Crippen LogP contribution in [0.15, 0.2) is 12.3 Å². The number of anilines is 2. The van der Waals surface area contributed by atoms with Crippen molar-refractivity contribution in [3.8, 4) is 0 Å². The minimum absolute atomic E-state index is 0.330. The Bertz CT molecular complexity index is 493. The normalized spacial score (nSPS) is 18.7. The van der Waals surface area contributed by atoms with E-state index in [1.807, 2.05) is 0 Å². The molecule has 1 unspecified atom stereocenters. The lowest BCUT2D eigenvalue weighted by Gasteiger charge is -2.23. The van der Waals surface area contributed by atoms with Gasteiger partial charge in [-0.15, -0.1) is 0 Å². The number of carbonyl (C=O) groups excluding carboxylic acids is 1. The zero-order valence-corrected chi connectivity index (χ0v) is 12.8. The zero-order valence-electron chi connectivity index (χ0n) is 12.8. The van der Waals surface area contributed by atoms with E-state index in [1.165, 1.54) is 19.0 Å². The van der Waals surface area contributed by atoms with Gasteiger partial charge in [-0.1, -0.05) is 6.92 Å². The number of rotatable bonds is 6. The van der Waals surface area contributed by atoms with Crippen LogP contribution in [0, 0.1) is 0 Å². The molecule has 1 fully saturated rings. The molecule has 0 bridgehead atoms. The van der Waals surface area contributed by atoms with Crippen LogP contribution in [0.1, 0.15) is 37.0 Å². The van der Waals surface area contributed by atoms with Gasteiger partial charge in [0.05, 0.1) is 24.1 Å². The molecule has 1 atom stereocenters. The molecule has 1 aliphatic heterocycles. The monoisotopic (exact) mass is 292 g/mol. The van der Waals surface area contributed by atoms with Crippen LogP contribution in [0.25, 0.3) is 0 Å². The van der Waals surface area contributed by atoms with Crippen molar-refractivity contribution in [2.45, 2.75) is 32.7 Å². The summed E-state index contributed by atoms with van der Waals surface area (Å²) in [4.78, 5) is 18.5. The van der Waals surface area contributed by atoms with Crippen molar-refractivity contribution in [1.29, 1.82) is 0 Å². The Balaban J connectivity index is 2.00. The molecule has 0 amide bonds. The SMILES string of the molecule is CCOC(=O)c1cc(NCC2CCCN2CC)ncc1N. The molecular weight excluding hydrogens is 268 g/mol. The minimum Gasteiger partial charge on any atom is -0.462 e. The summed E-state index contributed by atoms with van der Waals surface area (Å²) in [5.41, 5.74) is 6.49. The number of nitrogen functional groups attached to an aromatic ring is 1. The van der Waals surface area contributed by atoms with Crippen LogP contribution in [0.4, 0.5) is 11.5 Å². The highest BCUT2D eigenvalue weighted by Gasteiger charge is 2.22. The molecule has 2 heterocycles. The summed E-state index contributed by atoms with van der Waals surface area (Å²) in [6.45, 7) is 7.33. The first kappa shape index (κ1) is 15.6. The van der Waals surface area contributed by atoms with Crippen molar-refractivity contribution in [3.63, 3.8) is 0 Å². The van der Waals surface area contributed by atoms with Crippen molar-refractivity contribution in [1.82, 2.24) is 9.88 Å². The number of likely N-dealkylation sites (N-methyl/N-ethyl adjacent to an activating group) is 1. The molecule has 1 saturated heterocycles. The fraction of sp³-hybridized carbons (Fsp3) is 0.600. The molecule has 1 aliphatic rings. The molecule has 0 aromatic carbocycles. The number of nitrogens with two attached hydrogens (primary N) is 1. The van der Waals surface area contributed by atoms with Crippen LogP contribution in [0.5, 0.6) is 0 Å². The van der Waals surface area contributed by atoms with Gasteiger partial charge in [-0.05, 0) is 38.9 Å². The summed E-state index contributed by atoms with van der Waals surface area (Å²) in [5.74, 6) is 0.256. The first-order valence-corrected chi connectivity index (χ1v) is 7.56. The predicted molar refractivity (Wildman–Crippen MR) is 83.4 cm³/mol. The summed E-state index contributed by atoms with van der Waals surface area (Å²) in [5, 5.41) is 3.30. The summed E-state index contributed by atoms with van der Waals surface area (Å²) in [6.07, 6.45) is 3.94. The number of pyridine rings is 1. The maximum Gasteiger partial charge on any atom is 0.340 e. The second-order valence-corrected chi connectivity index (χ2v) is 5.18. The highest BCUT2D eigenvalue weighted by Crippen LogP contribution is 2.19. The number of carbonyl (C=O) groups is 1. The average Bonchev–Trinajstić information content (AvgIpc) is 2.94. The van der Waals surface area contributed by atoms with E-state index in [2.05, 4.69) is 22.1 Å². The summed E-state index contributed by atoms with van der Waals surface area (Å²) in [6, 6.07) is 2.19. The standard InChI is InChI=1S/C15H24N4O2/c1-3-19-7-5-6-11(19)9-17-14-8-12(13(16)10-18-14)15(20)21-4-2/h8,10-11H,3-7,9,16H2,1-2H3,(H,17,18). The van der Waals surface area contributed by atoms with Crippen LogP contribution >= 0.6 is 0 Å². The third-order valence-corrected chi connectivity index (χ3v) is 3.85. The van der Waals surface area contributed by atoms with Gasteiger partial charge in [0.25, 0.3) is 0 Å². The first-order chi connectivity index (χ1) is 10.2. The van der Waals surface area contributed by atoms with Gasteiger partial charge < -0.3 is 15.8 Å². The number of likely N-dealkylation sites (tertiary alicyclic amines) is 1. The van der Waals surface area contributed by atoms with Gasteiger partial charge in [-0.3, -0.25) is 4.90 Å². The Morgan fingerprint density at radius 3 is 3.10 bits per heavy atom. The lowest BCUT2D eigenvalue weighted by Crippen LogP contribution is -2.34. The van der Waals surface area contributed by atoms with Crippen molar-refractivity contribution < 1.29 is 9.53 Å². The van der Waals surface area contributed by atoms with E-state index >= 15 is 0 Å². The quantitative estimate of drug-likeness (QED) is 0.777. The molecule has 1 aromatic rings.